The van der Waals surface area contributed by atoms with Crippen molar-refractivity contribution in [2.45, 2.75) is 0 Å². The average Bonchev–Trinajstić information content (AvgIpc) is 3.08. The van der Waals surface area contributed by atoms with Crippen molar-refractivity contribution in [2.24, 2.45) is 0 Å². The van der Waals surface area contributed by atoms with E-state index in [-0.39, 0.29) is 5.91 Å². The van der Waals surface area contributed by atoms with Crippen molar-refractivity contribution in [3.63, 3.8) is 0 Å². The molecule has 0 aliphatic carbocycles. The van der Waals surface area contributed by atoms with Crippen molar-refractivity contribution in [3.8, 4) is 16.9 Å². The van der Waals surface area contributed by atoms with E-state index in [1.165, 1.54) is 0 Å². The molecule has 3 aromatic rings. The zero-order valence-electron chi connectivity index (χ0n) is 14.8. The fraction of sp³-hybridized carbons (Fsp3) is 0.200. The van der Waals surface area contributed by atoms with Gasteiger partial charge in [-0.2, -0.15) is 5.10 Å². The number of halogens is 1. The van der Waals surface area contributed by atoms with E-state index in [1.807, 2.05) is 73.6 Å². The largest absolute Gasteiger partial charge is 0.349 e. The lowest BCUT2D eigenvalue weighted by atomic mass is 10.1. The number of rotatable bonds is 6. The molecule has 1 amide bonds. The summed E-state index contributed by atoms with van der Waals surface area (Å²) in [6.45, 7) is 1.33. The van der Waals surface area contributed by atoms with Gasteiger partial charge < -0.3 is 10.2 Å². The van der Waals surface area contributed by atoms with Crippen molar-refractivity contribution in [1.82, 2.24) is 20.0 Å². The average molecular weight is 369 g/mol. The van der Waals surface area contributed by atoms with Crippen LogP contribution in [0, 0.1) is 0 Å². The summed E-state index contributed by atoms with van der Waals surface area (Å²) in [7, 11) is 3.94. The van der Waals surface area contributed by atoms with Gasteiger partial charge in [0.05, 0.1) is 16.4 Å². The summed E-state index contributed by atoms with van der Waals surface area (Å²) in [6, 6.07) is 18.9. The first-order chi connectivity index (χ1) is 12.6. The second-order valence-corrected chi connectivity index (χ2v) is 6.61. The molecule has 6 heteroatoms. The second-order valence-electron chi connectivity index (χ2n) is 6.20. The van der Waals surface area contributed by atoms with Crippen LogP contribution in [0.1, 0.15) is 10.5 Å². The van der Waals surface area contributed by atoms with Gasteiger partial charge in [0.15, 0.2) is 0 Å². The lowest BCUT2D eigenvalue weighted by Crippen LogP contribution is -2.32. The van der Waals surface area contributed by atoms with Gasteiger partial charge in [-0.3, -0.25) is 4.79 Å². The van der Waals surface area contributed by atoms with Gasteiger partial charge in [0, 0.05) is 18.7 Å². The third-order valence-corrected chi connectivity index (χ3v) is 4.27. The van der Waals surface area contributed by atoms with Crippen molar-refractivity contribution in [2.75, 3.05) is 27.2 Å². The fourth-order valence-corrected chi connectivity index (χ4v) is 2.83. The zero-order valence-corrected chi connectivity index (χ0v) is 15.6. The minimum atomic E-state index is -0.165. The van der Waals surface area contributed by atoms with Crippen molar-refractivity contribution in [1.29, 1.82) is 0 Å². The quantitative estimate of drug-likeness (QED) is 0.724. The molecule has 0 bridgehead atoms. The van der Waals surface area contributed by atoms with E-state index in [4.69, 9.17) is 11.6 Å². The molecule has 3 rings (SSSR count). The number of hydrogen-bond acceptors (Lipinski definition) is 3. The van der Waals surface area contributed by atoms with Crippen LogP contribution in [0.5, 0.6) is 0 Å². The van der Waals surface area contributed by atoms with Gasteiger partial charge in [0.2, 0.25) is 0 Å². The van der Waals surface area contributed by atoms with E-state index >= 15 is 0 Å². The highest BCUT2D eigenvalue weighted by molar-refractivity contribution is 6.33. The molecule has 0 aliphatic rings. The third kappa shape index (κ3) is 4.12. The van der Waals surface area contributed by atoms with E-state index in [0.717, 1.165) is 17.8 Å². The molecule has 26 heavy (non-hydrogen) atoms. The molecule has 0 spiro atoms. The lowest BCUT2D eigenvalue weighted by molar-refractivity contribution is 0.0943. The molecule has 1 heterocycles. The number of carbonyl (C=O) groups is 1. The number of amides is 1. The maximum Gasteiger partial charge on any atom is 0.270 e. The standard InChI is InChI=1S/C20H21ClN4O/c1-24(2)13-12-22-20(26)19-14-18(16-10-6-7-11-17(16)21)23-25(19)15-8-4-3-5-9-15/h3-11,14H,12-13H2,1-2H3,(H,22,26). The first-order valence-electron chi connectivity index (χ1n) is 8.39. The Morgan fingerprint density at radius 2 is 1.81 bits per heavy atom. The molecule has 0 radical (unpaired) electrons. The Labute approximate surface area is 158 Å². The number of para-hydroxylation sites is 1. The van der Waals surface area contributed by atoms with Crippen LogP contribution in [0.25, 0.3) is 16.9 Å². The van der Waals surface area contributed by atoms with Gasteiger partial charge in [0.1, 0.15) is 5.69 Å². The van der Waals surface area contributed by atoms with Gasteiger partial charge >= 0.3 is 0 Å². The molecule has 0 fully saturated rings. The molecule has 5 nitrogen and oxygen atoms in total. The second kappa shape index (κ2) is 8.17. The van der Waals surface area contributed by atoms with Crippen LogP contribution >= 0.6 is 11.6 Å². The molecule has 0 saturated heterocycles. The normalized spacial score (nSPS) is 10.9. The number of nitrogens with zero attached hydrogens (tertiary/aromatic N) is 3. The zero-order chi connectivity index (χ0) is 18.5. The fourth-order valence-electron chi connectivity index (χ4n) is 2.59. The van der Waals surface area contributed by atoms with Gasteiger partial charge in [-0.15, -0.1) is 0 Å². The molecule has 134 valence electrons. The summed E-state index contributed by atoms with van der Waals surface area (Å²) in [6.07, 6.45) is 0. The number of nitrogens with one attached hydrogen (secondary N) is 1. The van der Waals surface area contributed by atoms with Crippen LogP contribution in [-0.4, -0.2) is 47.8 Å². The lowest BCUT2D eigenvalue weighted by Gasteiger charge is -2.11. The van der Waals surface area contributed by atoms with Gasteiger partial charge in [-0.05, 0) is 38.4 Å². The number of benzene rings is 2. The van der Waals surface area contributed by atoms with Crippen LogP contribution in [0.15, 0.2) is 60.7 Å². The highest BCUT2D eigenvalue weighted by Crippen LogP contribution is 2.28. The number of aromatic nitrogens is 2. The summed E-state index contributed by atoms with van der Waals surface area (Å²) < 4.78 is 1.66. The summed E-state index contributed by atoms with van der Waals surface area (Å²) >= 11 is 6.31. The molecule has 0 aliphatic heterocycles. The van der Waals surface area contributed by atoms with E-state index < -0.39 is 0 Å². The Morgan fingerprint density at radius 3 is 2.50 bits per heavy atom. The monoisotopic (exact) mass is 368 g/mol. The van der Waals surface area contributed by atoms with Crippen LogP contribution in [0.3, 0.4) is 0 Å². The van der Waals surface area contributed by atoms with Crippen molar-refractivity contribution in [3.05, 3.63) is 71.4 Å². The van der Waals surface area contributed by atoms with Crippen LogP contribution in [0.2, 0.25) is 5.02 Å². The van der Waals surface area contributed by atoms with Crippen LogP contribution < -0.4 is 5.32 Å². The Kier molecular flexibility index (Phi) is 5.71. The predicted molar refractivity (Wildman–Crippen MR) is 105 cm³/mol. The Morgan fingerprint density at radius 1 is 1.12 bits per heavy atom. The Bertz CT molecular complexity index is 890. The Hall–Kier alpha value is -2.63. The van der Waals surface area contributed by atoms with E-state index in [0.29, 0.717) is 23.0 Å². The summed E-state index contributed by atoms with van der Waals surface area (Å²) in [5.74, 6) is -0.165. The molecular weight excluding hydrogens is 348 g/mol. The van der Waals surface area contributed by atoms with E-state index in [1.54, 1.807) is 10.7 Å². The molecule has 0 saturated carbocycles. The predicted octanol–water partition coefficient (Wildman–Crippen LogP) is 3.48. The topological polar surface area (TPSA) is 50.2 Å². The van der Waals surface area contributed by atoms with Gasteiger partial charge in [0.25, 0.3) is 5.91 Å². The minimum absolute atomic E-state index is 0.165. The van der Waals surface area contributed by atoms with Crippen molar-refractivity contribution >= 4 is 17.5 Å². The first-order valence-corrected chi connectivity index (χ1v) is 8.77. The summed E-state index contributed by atoms with van der Waals surface area (Å²) in [5.41, 5.74) is 2.76. The Balaban J connectivity index is 1.99. The summed E-state index contributed by atoms with van der Waals surface area (Å²) in [4.78, 5) is 14.7. The van der Waals surface area contributed by atoms with Crippen LogP contribution in [-0.2, 0) is 0 Å². The van der Waals surface area contributed by atoms with Crippen molar-refractivity contribution < 1.29 is 4.79 Å². The van der Waals surface area contributed by atoms with Gasteiger partial charge in [-0.25, -0.2) is 4.68 Å². The maximum atomic E-state index is 12.7. The first kappa shape index (κ1) is 18.2. The molecule has 0 unspecified atom stereocenters. The van der Waals surface area contributed by atoms with Crippen LogP contribution in [0.4, 0.5) is 0 Å². The molecule has 1 aromatic heterocycles. The van der Waals surface area contributed by atoms with E-state index in [9.17, 15) is 4.79 Å². The molecule has 1 N–H and O–H groups in total. The summed E-state index contributed by atoms with van der Waals surface area (Å²) in [5, 5.41) is 8.18. The highest BCUT2D eigenvalue weighted by atomic mass is 35.5. The number of carbonyl (C=O) groups excluding carboxylic acids is 1. The minimum Gasteiger partial charge on any atom is -0.349 e. The number of hydrogen-bond donors (Lipinski definition) is 1. The maximum absolute atomic E-state index is 12.7. The molecular formula is C20H21ClN4O. The molecule has 2 aromatic carbocycles. The molecule has 0 atom stereocenters. The number of likely N-dealkylation sites (N-methyl/N-ethyl adjacent to an activating group) is 1. The highest BCUT2D eigenvalue weighted by Gasteiger charge is 2.18. The smallest absolute Gasteiger partial charge is 0.270 e. The van der Waals surface area contributed by atoms with E-state index in [2.05, 4.69) is 10.4 Å². The SMILES string of the molecule is CN(C)CCNC(=O)c1cc(-c2ccccc2Cl)nn1-c1ccccc1. The third-order valence-electron chi connectivity index (χ3n) is 3.94. The van der Waals surface area contributed by atoms with Gasteiger partial charge in [-0.1, -0.05) is 48.0 Å².